The van der Waals surface area contributed by atoms with Crippen molar-refractivity contribution in [2.75, 3.05) is 6.61 Å². The zero-order valence-electron chi connectivity index (χ0n) is 8.40. The smallest absolute Gasteiger partial charge is 0.0644 e. The third kappa shape index (κ3) is 2.66. The van der Waals surface area contributed by atoms with Crippen LogP contribution in [0, 0.1) is 11.8 Å². The highest BCUT2D eigenvalue weighted by molar-refractivity contribution is 4.88. The van der Waals surface area contributed by atoms with Crippen LogP contribution in [0.15, 0.2) is 0 Å². The van der Waals surface area contributed by atoms with Crippen LogP contribution in [-0.4, -0.2) is 33.6 Å². The first-order chi connectivity index (χ1) is 5.95. The van der Waals surface area contributed by atoms with E-state index >= 15 is 0 Å². The van der Waals surface area contributed by atoms with Crippen molar-refractivity contribution in [3.05, 3.63) is 0 Å². The average molecular weight is 188 g/mol. The van der Waals surface area contributed by atoms with Crippen LogP contribution in [0.1, 0.15) is 33.1 Å². The van der Waals surface area contributed by atoms with Gasteiger partial charge >= 0.3 is 0 Å². The van der Waals surface area contributed by atoms with E-state index in [0.29, 0.717) is 6.42 Å². The zero-order valence-corrected chi connectivity index (χ0v) is 8.40. The number of aliphatic hydroxyl groups excluding tert-OH is 2. The van der Waals surface area contributed by atoms with E-state index in [0.717, 1.165) is 12.8 Å². The normalized spacial score (nSPS) is 36.2. The molecule has 0 radical (unpaired) electrons. The van der Waals surface area contributed by atoms with Crippen molar-refractivity contribution in [2.24, 2.45) is 11.8 Å². The summed E-state index contributed by atoms with van der Waals surface area (Å²) in [5.74, 6) is 0.170. The predicted octanol–water partition coefficient (Wildman–Crippen LogP) is 0.527. The molecule has 0 amide bonds. The summed E-state index contributed by atoms with van der Waals surface area (Å²) in [6, 6.07) is 0. The molecule has 0 bridgehead atoms. The standard InChI is InChI=1S/C10H20O3/c1-10(2,13)8-4-3-7(6-11)5-9(8)12/h7-9,11-13H,3-6H2,1-2H3/t7-,8-,9-/m1/s1. The molecule has 78 valence electrons. The summed E-state index contributed by atoms with van der Waals surface area (Å²) in [5, 5.41) is 28.4. The first kappa shape index (κ1) is 11.0. The van der Waals surface area contributed by atoms with Gasteiger partial charge in [-0.2, -0.15) is 0 Å². The molecule has 0 aromatic rings. The number of aliphatic hydroxyl groups is 3. The van der Waals surface area contributed by atoms with Crippen molar-refractivity contribution in [3.8, 4) is 0 Å². The van der Waals surface area contributed by atoms with Crippen LogP contribution in [0.5, 0.6) is 0 Å². The second-order valence-corrected chi connectivity index (χ2v) is 4.69. The van der Waals surface area contributed by atoms with Gasteiger partial charge in [0.25, 0.3) is 0 Å². The maximum Gasteiger partial charge on any atom is 0.0644 e. The summed E-state index contributed by atoms with van der Waals surface area (Å²) >= 11 is 0. The Hall–Kier alpha value is -0.120. The molecule has 3 N–H and O–H groups in total. The number of hydrogen-bond donors (Lipinski definition) is 3. The molecule has 13 heavy (non-hydrogen) atoms. The zero-order chi connectivity index (χ0) is 10.1. The Morgan fingerprint density at radius 3 is 2.31 bits per heavy atom. The van der Waals surface area contributed by atoms with Crippen molar-refractivity contribution in [2.45, 2.75) is 44.8 Å². The van der Waals surface area contributed by atoms with Gasteiger partial charge in [-0.25, -0.2) is 0 Å². The molecule has 0 aliphatic heterocycles. The van der Waals surface area contributed by atoms with Gasteiger partial charge in [0.1, 0.15) is 0 Å². The lowest BCUT2D eigenvalue weighted by molar-refractivity contribution is -0.0788. The van der Waals surface area contributed by atoms with Gasteiger partial charge in [-0.05, 0) is 39.0 Å². The molecule has 0 saturated heterocycles. The topological polar surface area (TPSA) is 60.7 Å². The SMILES string of the molecule is CC(C)(O)[C@@H]1CC[C@@H](CO)C[C@H]1O. The van der Waals surface area contributed by atoms with E-state index < -0.39 is 11.7 Å². The van der Waals surface area contributed by atoms with E-state index in [2.05, 4.69) is 0 Å². The largest absolute Gasteiger partial charge is 0.396 e. The molecule has 3 atom stereocenters. The van der Waals surface area contributed by atoms with E-state index in [-0.39, 0.29) is 18.4 Å². The molecule has 0 unspecified atom stereocenters. The molecule has 0 aromatic carbocycles. The highest BCUT2D eigenvalue weighted by Gasteiger charge is 2.37. The Kier molecular flexibility index (Phi) is 3.33. The maximum absolute atomic E-state index is 9.75. The Morgan fingerprint density at radius 2 is 1.92 bits per heavy atom. The molecule has 1 aliphatic carbocycles. The summed E-state index contributed by atoms with van der Waals surface area (Å²) in [4.78, 5) is 0. The first-order valence-corrected chi connectivity index (χ1v) is 4.96. The van der Waals surface area contributed by atoms with Gasteiger partial charge in [0, 0.05) is 12.5 Å². The summed E-state index contributed by atoms with van der Waals surface area (Å²) in [7, 11) is 0. The van der Waals surface area contributed by atoms with E-state index in [1.165, 1.54) is 0 Å². The summed E-state index contributed by atoms with van der Waals surface area (Å²) in [6.45, 7) is 3.62. The van der Waals surface area contributed by atoms with Crippen molar-refractivity contribution in [1.29, 1.82) is 0 Å². The van der Waals surface area contributed by atoms with Crippen LogP contribution < -0.4 is 0 Å². The Morgan fingerprint density at radius 1 is 1.31 bits per heavy atom. The predicted molar refractivity (Wildman–Crippen MR) is 50.2 cm³/mol. The van der Waals surface area contributed by atoms with E-state index in [1.54, 1.807) is 13.8 Å². The second-order valence-electron chi connectivity index (χ2n) is 4.69. The molecule has 1 fully saturated rings. The van der Waals surface area contributed by atoms with Gasteiger partial charge in [-0.15, -0.1) is 0 Å². The molecule has 3 nitrogen and oxygen atoms in total. The fourth-order valence-electron chi connectivity index (χ4n) is 2.22. The van der Waals surface area contributed by atoms with Crippen molar-refractivity contribution >= 4 is 0 Å². The van der Waals surface area contributed by atoms with Gasteiger partial charge < -0.3 is 15.3 Å². The first-order valence-electron chi connectivity index (χ1n) is 4.96. The monoisotopic (exact) mass is 188 g/mol. The molecule has 3 heteroatoms. The molecule has 1 saturated carbocycles. The van der Waals surface area contributed by atoms with Gasteiger partial charge in [0.15, 0.2) is 0 Å². The fourth-order valence-corrected chi connectivity index (χ4v) is 2.22. The van der Waals surface area contributed by atoms with Crippen LogP contribution in [0.2, 0.25) is 0 Å². The summed E-state index contributed by atoms with van der Waals surface area (Å²) in [5.41, 5.74) is -0.806. The maximum atomic E-state index is 9.75. The molecule has 0 spiro atoms. The van der Waals surface area contributed by atoms with Crippen LogP contribution in [-0.2, 0) is 0 Å². The highest BCUT2D eigenvalue weighted by Crippen LogP contribution is 2.35. The van der Waals surface area contributed by atoms with E-state index in [1.807, 2.05) is 0 Å². The van der Waals surface area contributed by atoms with Crippen molar-refractivity contribution in [1.82, 2.24) is 0 Å². The van der Waals surface area contributed by atoms with Crippen LogP contribution in [0.3, 0.4) is 0 Å². The Balaban J connectivity index is 2.53. The quantitative estimate of drug-likeness (QED) is 0.592. The average Bonchev–Trinajstić information content (AvgIpc) is 2.01. The number of rotatable bonds is 2. The second kappa shape index (κ2) is 3.95. The number of hydrogen-bond acceptors (Lipinski definition) is 3. The van der Waals surface area contributed by atoms with Gasteiger partial charge in [-0.3, -0.25) is 0 Å². The lowest BCUT2D eigenvalue weighted by atomic mass is 9.73. The van der Waals surface area contributed by atoms with Gasteiger partial charge in [0.05, 0.1) is 11.7 Å². The molecular weight excluding hydrogens is 168 g/mol. The van der Waals surface area contributed by atoms with Crippen molar-refractivity contribution < 1.29 is 15.3 Å². The van der Waals surface area contributed by atoms with Gasteiger partial charge in [-0.1, -0.05) is 0 Å². The molecule has 0 aromatic heterocycles. The van der Waals surface area contributed by atoms with Crippen LogP contribution in [0.4, 0.5) is 0 Å². The Labute approximate surface area is 79.4 Å². The summed E-state index contributed by atoms with van der Waals surface area (Å²) < 4.78 is 0. The lowest BCUT2D eigenvalue weighted by Crippen LogP contribution is -2.43. The van der Waals surface area contributed by atoms with E-state index in [9.17, 15) is 10.2 Å². The third-order valence-electron chi connectivity index (χ3n) is 3.09. The third-order valence-corrected chi connectivity index (χ3v) is 3.09. The van der Waals surface area contributed by atoms with Crippen LogP contribution in [0.25, 0.3) is 0 Å². The van der Waals surface area contributed by atoms with Gasteiger partial charge in [0.2, 0.25) is 0 Å². The minimum absolute atomic E-state index is 0.0460. The van der Waals surface area contributed by atoms with E-state index in [4.69, 9.17) is 5.11 Å². The molecule has 0 heterocycles. The fraction of sp³-hybridized carbons (Fsp3) is 1.00. The highest BCUT2D eigenvalue weighted by atomic mass is 16.3. The Bertz CT molecular complexity index is 162. The van der Waals surface area contributed by atoms with Crippen LogP contribution >= 0.6 is 0 Å². The van der Waals surface area contributed by atoms with Crippen molar-refractivity contribution in [3.63, 3.8) is 0 Å². The minimum atomic E-state index is -0.806. The molecular formula is C10H20O3. The molecule has 1 rings (SSSR count). The minimum Gasteiger partial charge on any atom is -0.396 e. The molecule has 1 aliphatic rings. The summed E-state index contributed by atoms with van der Waals surface area (Å²) in [6.07, 6.45) is 1.86. The lowest BCUT2D eigenvalue weighted by Gasteiger charge is -2.39.